The van der Waals surface area contributed by atoms with Crippen LogP contribution in [0.25, 0.3) is 11.0 Å². The molecule has 0 aliphatic carbocycles. The number of hydrogen-bond acceptors (Lipinski definition) is 7. The Hall–Kier alpha value is -4.22. The molecule has 4 atom stereocenters. The molecule has 2 aliphatic rings. The molecule has 1 amide bonds. The second kappa shape index (κ2) is 13.8. The number of piperidine rings is 1. The monoisotopic (exact) mass is 612 g/mol. The number of fused-ring (bicyclic) bond motifs is 1. The number of aliphatic hydroxyl groups is 1. The van der Waals surface area contributed by atoms with Crippen molar-refractivity contribution in [2.24, 2.45) is 5.92 Å². The highest BCUT2D eigenvalue weighted by atomic mass is 16.7. The van der Waals surface area contributed by atoms with E-state index in [9.17, 15) is 14.7 Å². The first-order valence-electron chi connectivity index (χ1n) is 15.5. The van der Waals surface area contributed by atoms with Gasteiger partial charge in [-0.2, -0.15) is 0 Å². The summed E-state index contributed by atoms with van der Waals surface area (Å²) in [5.74, 6) is 0.0516. The second-order valence-corrected chi connectivity index (χ2v) is 11.8. The molecule has 6 rings (SSSR count). The maximum Gasteiger partial charge on any atom is 0.411 e. The number of nitrogens with zero attached hydrogens (tertiary/aromatic N) is 2. The van der Waals surface area contributed by atoms with Gasteiger partial charge in [-0.3, -0.25) is 9.88 Å². The molecule has 3 N–H and O–H groups in total. The van der Waals surface area contributed by atoms with Crippen molar-refractivity contribution >= 4 is 22.8 Å². The molecule has 45 heavy (non-hydrogen) atoms. The van der Waals surface area contributed by atoms with Crippen molar-refractivity contribution in [1.82, 2.24) is 14.5 Å². The molecule has 10 heteroatoms. The molecule has 0 unspecified atom stereocenters. The molecule has 10 nitrogen and oxygen atoms in total. The highest BCUT2D eigenvalue weighted by molar-refractivity contribution is 5.84. The van der Waals surface area contributed by atoms with E-state index in [4.69, 9.17) is 14.2 Å². The van der Waals surface area contributed by atoms with Crippen molar-refractivity contribution < 1.29 is 24.1 Å². The van der Waals surface area contributed by atoms with Gasteiger partial charge in [0.1, 0.15) is 6.61 Å². The van der Waals surface area contributed by atoms with Gasteiger partial charge in [0.2, 0.25) is 0 Å². The number of aliphatic hydroxyl groups excluding tert-OH is 1. The molecule has 3 aromatic carbocycles. The van der Waals surface area contributed by atoms with Crippen LogP contribution >= 0.6 is 0 Å². The summed E-state index contributed by atoms with van der Waals surface area (Å²) < 4.78 is 20.2. The Kier molecular flexibility index (Phi) is 9.46. The fourth-order valence-electron chi connectivity index (χ4n) is 6.39. The first kappa shape index (κ1) is 30.8. The predicted octanol–water partition coefficient (Wildman–Crippen LogP) is 5.68. The Balaban J connectivity index is 1.17. The zero-order chi connectivity index (χ0) is 31.3. The van der Waals surface area contributed by atoms with Crippen LogP contribution in [0.2, 0.25) is 0 Å². The summed E-state index contributed by atoms with van der Waals surface area (Å²) in [7, 11) is 0. The number of ether oxygens (including phenoxy) is 3. The Morgan fingerprint density at radius 1 is 1.04 bits per heavy atom. The molecular formula is C35H40N4O6. The molecule has 236 valence electrons. The molecule has 4 aromatic rings. The topological polar surface area (TPSA) is 118 Å². The van der Waals surface area contributed by atoms with Crippen LogP contribution in [0.15, 0.2) is 90.2 Å². The SMILES string of the molecule is C=CCOC(=O)Nc1ccc([C@@H]2O[C@H](CN3CCC(n4c(=O)[nH]c5ccccc54)CC3)[C@H](C)[C@H](c3ccc(CO)cc3)O2)cc1. The van der Waals surface area contributed by atoms with Crippen molar-refractivity contribution in [3.05, 3.63) is 113 Å². The molecule has 2 fully saturated rings. The number of anilines is 1. The van der Waals surface area contributed by atoms with E-state index in [-0.39, 0.29) is 43.1 Å². The van der Waals surface area contributed by atoms with Gasteiger partial charge in [0, 0.05) is 42.8 Å². The minimum absolute atomic E-state index is 0.0160. The largest absolute Gasteiger partial charge is 0.445 e. The van der Waals surface area contributed by atoms with Crippen LogP contribution in [-0.2, 0) is 20.8 Å². The number of imidazole rings is 1. The lowest BCUT2D eigenvalue weighted by Crippen LogP contribution is -2.47. The van der Waals surface area contributed by atoms with Gasteiger partial charge in [0.15, 0.2) is 6.29 Å². The summed E-state index contributed by atoms with van der Waals surface area (Å²) in [5.41, 5.74) is 5.08. The summed E-state index contributed by atoms with van der Waals surface area (Å²) in [6.45, 7) is 8.27. The zero-order valence-electron chi connectivity index (χ0n) is 25.4. The summed E-state index contributed by atoms with van der Waals surface area (Å²) >= 11 is 0. The van der Waals surface area contributed by atoms with Gasteiger partial charge in [0.25, 0.3) is 0 Å². The fraction of sp³-hybridized carbons (Fsp3) is 0.371. The number of benzene rings is 3. The standard InChI is InChI=1S/C35H40N4O6/c1-3-20-43-35(42)36-27-14-12-26(13-15-27)33-44-31(23(2)32(45-33)25-10-8-24(22-40)9-11-25)21-38-18-16-28(17-19-38)39-30-7-5-4-6-29(30)37-34(39)41/h3-15,23,28,31-33,40H,1,16-22H2,2H3,(H,36,42)(H,37,41)/t23-,31+,32+,33+/m0/s1. The van der Waals surface area contributed by atoms with Gasteiger partial charge >= 0.3 is 11.8 Å². The number of aromatic nitrogens is 2. The normalized spacial score (nSPS) is 22.7. The molecule has 0 saturated carbocycles. The third-order valence-corrected chi connectivity index (χ3v) is 8.87. The first-order chi connectivity index (χ1) is 21.9. The fourth-order valence-corrected chi connectivity index (χ4v) is 6.39. The number of nitrogens with one attached hydrogen (secondary N) is 2. The number of carbonyl (C=O) groups excluding carboxylic acids is 1. The van der Waals surface area contributed by atoms with Gasteiger partial charge in [-0.1, -0.05) is 68.1 Å². The van der Waals surface area contributed by atoms with E-state index < -0.39 is 12.4 Å². The number of carbonyl (C=O) groups is 1. The summed E-state index contributed by atoms with van der Waals surface area (Å²) in [6, 6.07) is 23.2. The van der Waals surface area contributed by atoms with E-state index in [1.165, 1.54) is 6.08 Å². The van der Waals surface area contributed by atoms with Crippen molar-refractivity contribution in [2.75, 3.05) is 31.6 Å². The maximum atomic E-state index is 12.8. The lowest BCUT2D eigenvalue weighted by molar-refractivity contribution is -0.276. The number of aromatic amines is 1. The zero-order valence-corrected chi connectivity index (χ0v) is 25.4. The van der Waals surface area contributed by atoms with Crippen molar-refractivity contribution in [3.8, 4) is 0 Å². The van der Waals surface area contributed by atoms with E-state index in [0.29, 0.717) is 5.69 Å². The molecular weight excluding hydrogens is 572 g/mol. The highest BCUT2D eigenvalue weighted by Crippen LogP contribution is 2.42. The van der Waals surface area contributed by atoms with Crippen LogP contribution in [0.4, 0.5) is 10.5 Å². The molecule has 0 radical (unpaired) electrons. The minimum atomic E-state index is -0.613. The van der Waals surface area contributed by atoms with Crippen LogP contribution < -0.4 is 11.0 Å². The van der Waals surface area contributed by atoms with E-state index in [1.807, 2.05) is 65.2 Å². The van der Waals surface area contributed by atoms with Crippen LogP contribution in [0.5, 0.6) is 0 Å². The molecule has 0 spiro atoms. The van der Waals surface area contributed by atoms with Crippen molar-refractivity contribution in [3.63, 3.8) is 0 Å². The van der Waals surface area contributed by atoms with Crippen LogP contribution in [0.3, 0.4) is 0 Å². The van der Waals surface area contributed by atoms with Gasteiger partial charge in [0.05, 0.1) is 29.8 Å². The maximum absolute atomic E-state index is 12.8. The number of hydrogen-bond donors (Lipinski definition) is 3. The highest BCUT2D eigenvalue weighted by Gasteiger charge is 2.39. The quantitative estimate of drug-likeness (QED) is 0.208. The molecule has 2 aliphatic heterocycles. The average molecular weight is 613 g/mol. The molecule has 3 heterocycles. The van der Waals surface area contributed by atoms with Gasteiger partial charge in [-0.15, -0.1) is 0 Å². The van der Waals surface area contributed by atoms with Gasteiger partial charge < -0.3 is 29.2 Å². The Morgan fingerprint density at radius 3 is 2.47 bits per heavy atom. The summed E-state index contributed by atoms with van der Waals surface area (Å²) in [5, 5.41) is 12.3. The Bertz CT molecular complexity index is 1660. The van der Waals surface area contributed by atoms with Gasteiger partial charge in [-0.05, 0) is 48.2 Å². The van der Waals surface area contributed by atoms with Crippen molar-refractivity contribution in [1.29, 1.82) is 0 Å². The summed E-state index contributed by atoms with van der Waals surface area (Å²) in [4.78, 5) is 30.2. The Morgan fingerprint density at radius 2 is 1.76 bits per heavy atom. The second-order valence-electron chi connectivity index (χ2n) is 11.8. The third-order valence-electron chi connectivity index (χ3n) is 8.87. The summed E-state index contributed by atoms with van der Waals surface area (Å²) in [6.07, 6.45) is 1.75. The number of rotatable bonds is 9. The van der Waals surface area contributed by atoms with Crippen LogP contribution in [0.1, 0.15) is 54.9 Å². The van der Waals surface area contributed by atoms with Crippen LogP contribution in [-0.4, -0.2) is 58.0 Å². The minimum Gasteiger partial charge on any atom is -0.445 e. The van der Waals surface area contributed by atoms with Crippen molar-refractivity contribution in [2.45, 2.75) is 50.9 Å². The molecule has 2 saturated heterocycles. The lowest BCUT2D eigenvalue weighted by Gasteiger charge is -2.44. The van der Waals surface area contributed by atoms with E-state index in [0.717, 1.165) is 60.2 Å². The average Bonchev–Trinajstić information content (AvgIpc) is 3.41. The number of H-pyrrole nitrogens is 1. The smallest absolute Gasteiger partial charge is 0.411 e. The Labute approximate surface area is 262 Å². The number of para-hydroxylation sites is 2. The number of likely N-dealkylation sites (tertiary alicyclic amines) is 1. The predicted molar refractivity (Wildman–Crippen MR) is 172 cm³/mol. The molecule has 0 bridgehead atoms. The van der Waals surface area contributed by atoms with E-state index >= 15 is 0 Å². The third kappa shape index (κ3) is 6.89. The van der Waals surface area contributed by atoms with Crippen LogP contribution in [0, 0.1) is 5.92 Å². The lowest BCUT2D eigenvalue weighted by atomic mass is 9.89. The first-order valence-corrected chi connectivity index (χ1v) is 15.5. The van der Waals surface area contributed by atoms with Gasteiger partial charge in [-0.25, -0.2) is 9.59 Å². The molecule has 1 aromatic heterocycles. The number of amides is 1. The van der Waals surface area contributed by atoms with E-state index in [2.05, 4.69) is 28.7 Å². The van der Waals surface area contributed by atoms with E-state index in [1.54, 1.807) is 12.1 Å².